The number of aryl methyl sites for hydroxylation is 1. The number of rotatable bonds is 11. The fourth-order valence-electron chi connectivity index (χ4n) is 2.27. The number of unbranched alkanes of at least 4 members (excludes halogenated alkanes) is 6. The Morgan fingerprint density at radius 2 is 1.47 bits per heavy atom. The SMILES string of the molecule is CN(C=O)CCCCCCCCCc1ccccc1. The second-order valence-electron chi connectivity index (χ2n) is 5.30. The fourth-order valence-corrected chi connectivity index (χ4v) is 2.27. The molecule has 0 aliphatic carbocycles. The van der Waals surface area contributed by atoms with Crippen molar-refractivity contribution < 1.29 is 4.79 Å². The van der Waals surface area contributed by atoms with Crippen molar-refractivity contribution in [1.29, 1.82) is 0 Å². The summed E-state index contributed by atoms with van der Waals surface area (Å²) in [5.74, 6) is 0. The van der Waals surface area contributed by atoms with E-state index >= 15 is 0 Å². The minimum Gasteiger partial charge on any atom is -0.348 e. The zero-order chi connectivity index (χ0) is 13.8. The first-order valence-corrected chi connectivity index (χ1v) is 7.52. The van der Waals surface area contributed by atoms with Gasteiger partial charge in [0.15, 0.2) is 0 Å². The van der Waals surface area contributed by atoms with Crippen molar-refractivity contribution in [3.63, 3.8) is 0 Å². The molecule has 1 aromatic rings. The van der Waals surface area contributed by atoms with Crippen LogP contribution in [0.2, 0.25) is 0 Å². The first-order valence-electron chi connectivity index (χ1n) is 7.52. The lowest BCUT2D eigenvalue weighted by atomic mass is 10.0. The predicted octanol–water partition coefficient (Wildman–Crippen LogP) is 4.05. The quantitative estimate of drug-likeness (QED) is 0.435. The van der Waals surface area contributed by atoms with E-state index in [0.29, 0.717) is 0 Å². The Bertz CT molecular complexity index is 323. The monoisotopic (exact) mass is 261 g/mol. The van der Waals surface area contributed by atoms with Gasteiger partial charge in [0.25, 0.3) is 0 Å². The largest absolute Gasteiger partial charge is 0.348 e. The van der Waals surface area contributed by atoms with Crippen molar-refractivity contribution in [2.75, 3.05) is 13.6 Å². The van der Waals surface area contributed by atoms with Crippen LogP contribution in [-0.2, 0) is 11.2 Å². The van der Waals surface area contributed by atoms with E-state index in [0.717, 1.165) is 19.4 Å². The van der Waals surface area contributed by atoms with Crippen LogP contribution in [-0.4, -0.2) is 24.9 Å². The van der Waals surface area contributed by atoms with Gasteiger partial charge in [-0.15, -0.1) is 0 Å². The van der Waals surface area contributed by atoms with Crippen LogP contribution in [0.5, 0.6) is 0 Å². The van der Waals surface area contributed by atoms with Crippen LogP contribution in [0.25, 0.3) is 0 Å². The molecule has 0 heterocycles. The summed E-state index contributed by atoms with van der Waals surface area (Å²) in [4.78, 5) is 12.1. The van der Waals surface area contributed by atoms with Gasteiger partial charge in [0.1, 0.15) is 0 Å². The highest BCUT2D eigenvalue weighted by Crippen LogP contribution is 2.10. The lowest BCUT2D eigenvalue weighted by Crippen LogP contribution is -2.16. The number of carbonyl (C=O) groups excluding carboxylic acids is 1. The Labute approximate surface area is 117 Å². The topological polar surface area (TPSA) is 20.3 Å². The van der Waals surface area contributed by atoms with Gasteiger partial charge in [-0.25, -0.2) is 0 Å². The summed E-state index contributed by atoms with van der Waals surface area (Å²) < 4.78 is 0. The molecule has 1 rings (SSSR count). The standard InChI is InChI=1S/C17H27NO/c1-18(16-19)15-11-6-4-2-3-5-8-12-17-13-9-7-10-14-17/h7,9-10,13-14,16H,2-6,8,11-12,15H2,1H3. The van der Waals surface area contributed by atoms with Crippen LogP contribution in [0, 0.1) is 0 Å². The molecule has 2 heteroatoms. The number of nitrogens with zero attached hydrogens (tertiary/aromatic N) is 1. The molecule has 0 atom stereocenters. The second kappa shape index (κ2) is 10.6. The smallest absolute Gasteiger partial charge is 0.209 e. The molecule has 0 N–H and O–H groups in total. The zero-order valence-corrected chi connectivity index (χ0v) is 12.2. The van der Waals surface area contributed by atoms with E-state index in [9.17, 15) is 4.79 Å². The maximum absolute atomic E-state index is 10.4. The van der Waals surface area contributed by atoms with E-state index in [4.69, 9.17) is 0 Å². The summed E-state index contributed by atoms with van der Waals surface area (Å²) in [6, 6.07) is 10.7. The summed E-state index contributed by atoms with van der Waals surface area (Å²) >= 11 is 0. The molecular weight excluding hydrogens is 234 g/mol. The molecule has 0 aliphatic rings. The molecule has 0 fully saturated rings. The average molecular weight is 261 g/mol. The van der Waals surface area contributed by atoms with E-state index in [2.05, 4.69) is 30.3 Å². The van der Waals surface area contributed by atoms with Crippen LogP contribution in [0.4, 0.5) is 0 Å². The number of amides is 1. The third-order valence-electron chi connectivity index (χ3n) is 3.50. The zero-order valence-electron chi connectivity index (χ0n) is 12.2. The molecule has 0 saturated carbocycles. The van der Waals surface area contributed by atoms with Gasteiger partial charge in [-0.05, 0) is 24.8 Å². The molecule has 0 unspecified atom stereocenters. The predicted molar refractivity (Wildman–Crippen MR) is 81.2 cm³/mol. The molecule has 0 bridgehead atoms. The fraction of sp³-hybridized carbons (Fsp3) is 0.588. The van der Waals surface area contributed by atoms with Crippen molar-refractivity contribution >= 4 is 6.41 Å². The Balaban J connectivity index is 1.85. The Kier molecular flexibility index (Phi) is 8.78. The van der Waals surface area contributed by atoms with Crippen molar-refractivity contribution in [1.82, 2.24) is 4.90 Å². The molecule has 106 valence electrons. The van der Waals surface area contributed by atoms with Gasteiger partial charge in [0.2, 0.25) is 6.41 Å². The highest BCUT2D eigenvalue weighted by Gasteiger charge is 1.95. The Hall–Kier alpha value is -1.31. The Morgan fingerprint density at radius 3 is 2.11 bits per heavy atom. The number of carbonyl (C=O) groups is 1. The first-order chi connectivity index (χ1) is 9.33. The van der Waals surface area contributed by atoms with Gasteiger partial charge in [-0.3, -0.25) is 4.79 Å². The number of hydrogen-bond acceptors (Lipinski definition) is 1. The number of benzene rings is 1. The summed E-state index contributed by atoms with van der Waals surface area (Å²) in [5, 5.41) is 0. The molecule has 19 heavy (non-hydrogen) atoms. The number of hydrogen-bond donors (Lipinski definition) is 0. The molecule has 0 saturated heterocycles. The van der Waals surface area contributed by atoms with Crippen molar-refractivity contribution in [3.05, 3.63) is 35.9 Å². The van der Waals surface area contributed by atoms with E-state index in [-0.39, 0.29) is 0 Å². The molecule has 1 amide bonds. The first kappa shape index (κ1) is 15.7. The maximum atomic E-state index is 10.4. The van der Waals surface area contributed by atoms with Gasteiger partial charge in [0, 0.05) is 13.6 Å². The van der Waals surface area contributed by atoms with E-state index in [1.807, 2.05) is 7.05 Å². The third-order valence-corrected chi connectivity index (χ3v) is 3.50. The van der Waals surface area contributed by atoms with Crippen LogP contribution >= 0.6 is 0 Å². The van der Waals surface area contributed by atoms with Crippen LogP contribution in [0.1, 0.15) is 50.5 Å². The van der Waals surface area contributed by atoms with E-state index in [1.165, 1.54) is 50.5 Å². The van der Waals surface area contributed by atoms with Crippen LogP contribution < -0.4 is 0 Å². The molecule has 0 spiro atoms. The van der Waals surface area contributed by atoms with Gasteiger partial charge >= 0.3 is 0 Å². The molecule has 0 aliphatic heterocycles. The summed E-state index contributed by atoms with van der Waals surface area (Å²) in [6.45, 7) is 0.900. The summed E-state index contributed by atoms with van der Waals surface area (Å²) in [7, 11) is 1.84. The van der Waals surface area contributed by atoms with Crippen molar-refractivity contribution in [2.45, 2.75) is 51.4 Å². The van der Waals surface area contributed by atoms with Gasteiger partial charge < -0.3 is 4.90 Å². The second-order valence-corrected chi connectivity index (χ2v) is 5.30. The molecular formula is C17H27NO. The minimum absolute atomic E-state index is 0.900. The average Bonchev–Trinajstić information content (AvgIpc) is 2.46. The molecule has 0 aromatic heterocycles. The van der Waals surface area contributed by atoms with E-state index in [1.54, 1.807) is 4.90 Å². The van der Waals surface area contributed by atoms with Gasteiger partial charge in [0.05, 0.1) is 0 Å². The van der Waals surface area contributed by atoms with Gasteiger partial charge in [-0.1, -0.05) is 62.4 Å². The lowest BCUT2D eigenvalue weighted by molar-refractivity contribution is -0.117. The van der Waals surface area contributed by atoms with Crippen LogP contribution in [0.15, 0.2) is 30.3 Å². The van der Waals surface area contributed by atoms with Crippen LogP contribution in [0.3, 0.4) is 0 Å². The van der Waals surface area contributed by atoms with Crippen molar-refractivity contribution in [2.24, 2.45) is 0 Å². The highest BCUT2D eigenvalue weighted by atomic mass is 16.1. The third kappa shape index (κ3) is 8.41. The maximum Gasteiger partial charge on any atom is 0.209 e. The summed E-state index contributed by atoms with van der Waals surface area (Å²) in [5.41, 5.74) is 1.46. The normalized spacial score (nSPS) is 10.4. The van der Waals surface area contributed by atoms with Gasteiger partial charge in [-0.2, -0.15) is 0 Å². The molecule has 0 radical (unpaired) electrons. The highest BCUT2D eigenvalue weighted by molar-refractivity contribution is 5.46. The Morgan fingerprint density at radius 1 is 0.895 bits per heavy atom. The van der Waals surface area contributed by atoms with Crippen molar-refractivity contribution in [3.8, 4) is 0 Å². The van der Waals surface area contributed by atoms with E-state index < -0.39 is 0 Å². The minimum atomic E-state index is 0.900. The molecule has 1 aromatic carbocycles. The molecule has 2 nitrogen and oxygen atoms in total. The summed E-state index contributed by atoms with van der Waals surface area (Å²) in [6.07, 6.45) is 11.1. The lowest BCUT2D eigenvalue weighted by Gasteiger charge is -2.09.